The molecule has 4 rings (SSSR count). The Balaban J connectivity index is 1.60. The molecule has 0 aliphatic heterocycles. The van der Waals surface area contributed by atoms with Crippen molar-refractivity contribution in [3.05, 3.63) is 78.1 Å². The molecular formula is C24H19F4N5O2. The van der Waals surface area contributed by atoms with Crippen LogP contribution in [0.5, 0.6) is 0 Å². The van der Waals surface area contributed by atoms with Crippen LogP contribution in [0.1, 0.15) is 15.9 Å². The number of imidazole rings is 1. The molecule has 0 spiro atoms. The van der Waals surface area contributed by atoms with E-state index in [-0.39, 0.29) is 11.1 Å². The number of aromatic nitrogens is 2. The van der Waals surface area contributed by atoms with Crippen molar-refractivity contribution >= 4 is 23.3 Å². The maximum absolute atomic E-state index is 13.1. The highest BCUT2D eigenvalue weighted by atomic mass is 19.4. The van der Waals surface area contributed by atoms with Crippen molar-refractivity contribution in [3.63, 3.8) is 0 Å². The third kappa shape index (κ3) is 5.40. The fourth-order valence-electron chi connectivity index (χ4n) is 3.59. The fraction of sp³-hybridized carbons (Fsp3) is 0.125. The summed E-state index contributed by atoms with van der Waals surface area (Å²) in [6, 6.07) is 13.9. The molecule has 0 atom stereocenters. The Kier molecular flexibility index (Phi) is 6.41. The molecule has 0 saturated heterocycles. The number of hydrogen-bond donors (Lipinski definition) is 3. The summed E-state index contributed by atoms with van der Waals surface area (Å²) in [6.45, 7) is -2.25. The minimum Gasteiger partial charge on any atom is -0.366 e. The summed E-state index contributed by atoms with van der Waals surface area (Å²) >= 11 is 0. The zero-order chi connectivity index (χ0) is 25.2. The van der Waals surface area contributed by atoms with Crippen LogP contribution in [-0.4, -0.2) is 34.0 Å². The first-order valence-electron chi connectivity index (χ1n) is 10.3. The van der Waals surface area contributed by atoms with E-state index in [4.69, 9.17) is 5.73 Å². The monoisotopic (exact) mass is 485 g/mol. The van der Waals surface area contributed by atoms with Gasteiger partial charge in [-0.15, -0.1) is 0 Å². The van der Waals surface area contributed by atoms with E-state index in [1.54, 1.807) is 64.6 Å². The van der Waals surface area contributed by atoms with Gasteiger partial charge in [0, 0.05) is 23.0 Å². The lowest BCUT2D eigenvalue weighted by atomic mass is 10.00. The van der Waals surface area contributed by atoms with Crippen LogP contribution in [0.3, 0.4) is 0 Å². The van der Waals surface area contributed by atoms with Crippen LogP contribution < -0.4 is 16.4 Å². The number of nitrogens with two attached hydrogens (primary N) is 1. The van der Waals surface area contributed by atoms with E-state index >= 15 is 0 Å². The number of carbonyl (C=O) groups excluding carboxylic acids is 2. The molecule has 2 heterocycles. The summed E-state index contributed by atoms with van der Waals surface area (Å²) in [7, 11) is 0. The largest absolute Gasteiger partial charge is 0.405 e. The lowest BCUT2D eigenvalue weighted by Crippen LogP contribution is -2.36. The Morgan fingerprint density at radius 2 is 1.77 bits per heavy atom. The molecule has 2 aromatic carbocycles. The zero-order valence-corrected chi connectivity index (χ0v) is 18.1. The van der Waals surface area contributed by atoms with Crippen LogP contribution in [0, 0.1) is 0 Å². The number of hydrogen-bond acceptors (Lipinski definition) is 3. The van der Waals surface area contributed by atoms with Crippen molar-refractivity contribution in [1.29, 1.82) is 0 Å². The molecule has 4 N–H and O–H groups in total. The van der Waals surface area contributed by atoms with Crippen molar-refractivity contribution in [1.82, 2.24) is 14.7 Å². The van der Waals surface area contributed by atoms with Crippen molar-refractivity contribution in [3.8, 4) is 22.4 Å². The second-order valence-electron chi connectivity index (χ2n) is 7.66. The summed E-state index contributed by atoms with van der Waals surface area (Å²) in [5.41, 5.74) is 9.33. The molecule has 4 aromatic rings. The Bertz CT molecular complexity index is 1410. The van der Waals surface area contributed by atoms with Crippen molar-refractivity contribution in [2.45, 2.75) is 12.9 Å². The number of fused-ring (bicyclic) bond motifs is 1. The number of nitrogens with zero attached hydrogens (tertiary/aromatic N) is 2. The van der Waals surface area contributed by atoms with Gasteiger partial charge in [-0.05, 0) is 47.0 Å². The zero-order valence-electron chi connectivity index (χ0n) is 18.1. The molecule has 7 nitrogen and oxygen atoms in total. The number of amides is 3. The van der Waals surface area contributed by atoms with Gasteiger partial charge in [-0.2, -0.15) is 13.2 Å². The van der Waals surface area contributed by atoms with Crippen LogP contribution in [-0.2, 0) is 6.67 Å². The average molecular weight is 485 g/mol. The van der Waals surface area contributed by atoms with E-state index in [0.717, 1.165) is 5.56 Å². The minimum atomic E-state index is -4.51. The summed E-state index contributed by atoms with van der Waals surface area (Å²) in [4.78, 5) is 27.8. The SMILES string of the molecule is NC(=O)c1cc(-c2ccn3c(-c4cccc(NC(=O)NCC(F)(F)F)c4)cnc3c2)ccc1CF. The number of halogens is 4. The average Bonchev–Trinajstić information content (AvgIpc) is 3.25. The maximum atomic E-state index is 13.1. The van der Waals surface area contributed by atoms with E-state index in [2.05, 4.69) is 10.3 Å². The number of carbonyl (C=O) groups is 2. The van der Waals surface area contributed by atoms with Crippen molar-refractivity contribution in [2.75, 3.05) is 11.9 Å². The molecule has 180 valence electrons. The van der Waals surface area contributed by atoms with E-state index < -0.39 is 31.3 Å². The van der Waals surface area contributed by atoms with Gasteiger partial charge in [0.15, 0.2) is 0 Å². The van der Waals surface area contributed by atoms with Crippen molar-refractivity contribution in [2.24, 2.45) is 5.73 Å². The predicted molar refractivity (Wildman–Crippen MR) is 122 cm³/mol. The van der Waals surface area contributed by atoms with Crippen LogP contribution in [0.4, 0.5) is 28.0 Å². The molecule has 0 radical (unpaired) electrons. The van der Waals surface area contributed by atoms with Crippen LogP contribution in [0.15, 0.2) is 67.0 Å². The third-order valence-corrected chi connectivity index (χ3v) is 5.23. The topological polar surface area (TPSA) is 102 Å². The summed E-state index contributed by atoms with van der Waals surface area (Å²) < 4.78 is 51.8. The van der Waals surface area contributed by atoms with Gasteiger partial charge in [-0.1, -0.05) is 24.3 Å². The molecule has 0 unspecified atom stereocenters. The Hall–Kier alpha value is -4.41. The number of benzene rings is 2. The van der Waals surface area contributed by atoms with Gasteiger partial charge >= 0.3 is 12.2 Å². The van der Waals surface area contributed by atoms with Gasteiger partial charge in [0.2, 0.25) is 5.91 Å². The van der Waals surface area contributed by atoms with E-state index in [9.17, 15) is 27.2 Å². The number of anilines is 1. The molecule has 35 heavy (non-hydrogen) atoms. The molecule has 0 aliphatic rings. The number of alkyl halides is 4. The summed E-state index contributed by atoms with van der Waals surface area (Å²) in [6.07, 6.45) is -1.13. The Morgan fingerprint density at radius 3 is 2.49 bits per heavy atom. The normalized spacial score (nSPS) is 11.4. The lowest BCUT2D eigenvalue weighted by Gasteiger charge is -2.11. The third-order valence-electron chi connectivity index (χ3n) is 5.23. The number of urea groups is 1. The standard InChI is InChI=1S/C24H19F4N5O2/c25-11-17-5-4-14(9-19(17)22(29)34)15-6-7-33-20(12-30-21(33)10-15)16-2-1-3-18(8-16)32-23(35)31-13-24(26,27)28/h1-10,12H,11,13H2,(H2,29,34)(H2,31,32,35). The highest BCUT2D eigenvalue weighted by Crippen LogP contribution is 2.28. The molecule has 11 heteroatoms. The Labute approximate surface area is 196 Å². The summed E-state index contributed by atoms with van der Waals surface area (Å²) in [5.74, 6) is -0.718. The maximum Gasteiger partial charge on any atom is 0.405 e. The molecule has 0 saturated carbocycles. The highest BCUT2D eigenvalue weighted by Gasteiger charge is 2.27. The highest BCUT2D eigenvalue weighted by molar-refractivity contribution is 5.96. The number of nitrogens with one attached hydrogen (secondary N) is 2. The van der Waals surface area contributed by atoms with E-state index in [0.29, 0.717) is 28.2 Å². The van der Waals surface area contributed by atoms with E-state index in [1.165, 1.54) is 12.1 Å². The number of pyridine rings is 1. The Morgan fingerprint density at radius 1 is 1.00 bits per heavy atom. The van der Waals surface area contributed by atoms with Gasteiger partial charge < -0.3 is 16.4 Å². The van der Waals surface area contributed by atoms with Gasteiger partial charge in [0.1, 0.15) is 18.9 Å². The first kappa shape index (κ1) is 23.7. The quantitative estimate of drug-likeness (QED) is 0.338. The molecule has 0 aliphatic carbocycles. The van der Waals surface area contributed by atoms with Crippen LogP contribution in [0.25, 0.3) is 28.0 Å². The van der Waals surface area contributed by atoms with Gasteiger partial charge in [0.05, 0.1) is 11.9 Å². The molecule has 0 fully saturated rings. The van der Waals surface area contributed by atoms with Gasteiger partial charge in [-0.3, -0.25) is 9.20 Å². The molecular weight excluding hydrogens is 466 g/mol. The second-order valence-corrected chi connectivity index (χ2v) is 7.66. The molecule has 0 bridgehead atoms. The molecule has 2 aromatic heterocycles. The van der Waals surface area contributed by atoms with E-state index in [1.807, 2.05) is 0 Å². The number of primary amides is 1. The fourth-order valence-corrected chi connectivity index (χ4v) is 3.59. The predicted octanol–water partition coefficient (Wildman–Crippen LogP) is 4.92. The number of rotatable bonds is 6. The summed E-state index contributed by atoms with van der Waals surface area (Å²) in [5, 5.41) is 4.13. The lowest BCUT2D eigenvalue weighted by molar-refractivity contribution is -0.122. The first-order chi connectivity index (χ1) is 16.6. The molecule has 3 amide bonds. The van der Waals surface area contributed by atoms with Gasteiger partial charge in [-0.25, -0.2) is 14.2 Å². The smallest absolute Gasteiger partial charge is 0.366 e. The first-order valence-corrected chi connectivity index (χ1v) is 10.3. The van der Waals surface area contributed by atoms with Gasteiger partial charge in [0.25, 0.3) is 0 Å². The minimum absolute atomic E-state index is 0.109. The second kappa shape index (κ2) is 9.45. The van der Waals surface area contributed by atoms with Crippen LogP contribution in [0.2, 0.25) is 0 Å². The van der Waals surface area contributed by atoms with Crippen LogP contribution >= 0.6 is 0 Å². The van der Waals surface area contributed by atoms with Crippen molar-refractivity contribution < 1.29 is 27.2 Å².